The molecular formula is C23H32O5. The Morgan fingerprint density at radius 2 is 1.75 bits per heavy atom. The van der Waals surface area contributed by atoms with Crippen molar-refractivity contribution in [2.75, 3.05) is 0 Å². The van der Waals surface area contributed by atoms with Gasteiger partial charge in [-0.25, -0.2) is 4.79 Å². The maximum Gasteiger partial charge on any atom is 0.333 e. The Labute approximate surface area is 167 Å². The van der Waals surface area contributed by atoms with Crippen molar-refractivity contribution in [1.29, 1.82) is 0 Å². The summed E-state index contributed by atoms with van der Waals surface area (Å²) in [6, 6.07) is 0. The molecular weight excluding hydrogens is 356 g/mol. The molecule has 4 aliphatic carbocycles. The van der Waals surface area contributed by atoms with Crippen LogP contribution in [0.3, 0.4) is 0 Å². The quantitative estimate of drug-likeness (QED) is 0.540. The number of fused-ring (bicyclic) bond motifs is 3. The molecule has 0 amide bonds. The molecule has 28 heavy (non-hydrogen) atoms. The van der Waals surface area contributed by atoms with E-state index in [1.165, 1.54) is 0 Å². The topological polar surface area (TPSA) is 69.7 Å². The number of allylic oxidation sites excluding steroid dienone is 2. The van der Waals surface area contributed by atoms with Gasteiger partial charge < -0.3 is 9.47 Å². The van der Waals surface area contributed by atoms with Crippen molar-refractivity contribution in [3.8, 4) is 0 Å². The normalized spacial score (nSPS) is 38.1. The first-order chi connectivity index (χ1) is 12.8. The van der Waals surface area contributed by atoms with E-state index in [-0.39, 0.29) is 35.4 Å². The summed E-state index contributed by atoms with van der Waals surface area (Å²) >= 11 is 0. The number of esters is 2. The van der Waals surface area contributed by atoms with Gasteiger partial charge in [-0.05, 0) is 31.8 Å². The van der Waals surface area contributed by atoms with Crippen LogP contribution in [0, 0.1) is 34.5 Å². The molecule has 0 aromatic carbocycles. The summed E-state index contributed by atoms with van der Waals surface area (Å²) in [5.41, 5.74) is 0.476. The van der Waals surface area contributed by atoms with Crippen LogP contribution in [0.4, 0.5) is 0 Å². The fourth-order valence-electron chi connectivity index (χ4n) is 5.81. The lowest BCUT2D eigenvalue weighted by Crippen LogP contribution is -2.67. The number of carbonyl (C=O) groups excluding carboxylic acids is 3. The average molecular weight is 389 g/mol. The first-order valence-corrected chi connectivity index (χ1v) is 10.1. The van der Waals surface area contributed by atoms with E-state index < -0.39 is 29.0 Å². The summed E-state index contributed by atoms with van der Waals surface area (Å²) in [6.45, 7) is 17.1. The van der Waals surface area contributed by atoms with Gasteiger partial charge in [0.15, 0.2) is 5.78 Å². The number of hydrogen-bond donors (Lipinski definition) is 0. The molecule has 0 saturated heterocycles. The van der Waals surface area contributed by atoms with Gasteiger partial charge >= 0.3 is 11.9 Å². The van der Waals surface area contributed by atoms with Gasteiger partial charge in [0.05, 0.1) is 5.92 Å². The molecule has 0 N–H and O–H groups in total. The third-order valence-corrected chi connectivity index (χ3v) is 7.36. The smallest absolute Gasteiger partial charge is 0.333 e. The summed E-state index contributed by atoms with van der Waals surface area (Å²) in [5, 5.41) is 0. The van der Waals surface area contributed by atoms with Crippen LogP contribution in [-0.2, 0) is 23.9 Å². The molecule has 0 spiro atoms. The Balaban J connectivity index is 2.06. The van der Waals surface area contributed by atoms with E-state index in [0.29, 0.717) is 12.0 Å². The van der Waals surface area contributed by atoms with Crippen LogP contribution >= 0.6 is 0 Å². The first kappa shape index (κ1) is 20.8. The molecule has 4 bridgehead atoms. The van der Waals surface area contributed by atoms with Crippen LogP contribution in [-0.4, -0.2) is 29.9 Å². The van der Waals surface area contributed by atoms with Gasteiger partial charge in [0.25, 0.3) is 0 Å². The van der Waals surface area contributed by atoms with E-state index in [9.17, 15) is 14.4 Å². The van der Waals surface area contributed by atoms with Crippen LogP contribution in [0.5, 0.6) is 0 Å². The molecule has 4 aliphatic rings. The van der Waals surface area contributed by atoms with Crippen LogP contribution in [0.1, 0.15) is 54.9 Å². The second kappa shape index (κ2) is 6.57. The zero-order valence-corrected chi connectivity index (χ0v) is 18.0. The Morgan fingerprint density at radius 1 is 1.14 bits per heavy atom. The predicted octanol–water partition coefficient (Wildman–Crippen LogP) is 3.87. The molecule has 0 radical (unpaired) electrons. The van der Waals surface area contributed by atoms with Crippen molar-refractivity contribution in [3.05, 3.63) is 23.8 Å². The monoisotopic (exact) mass is 388 g/mol. The summed E-state index contributed by atoms with van der Waals surface area (Å²) in [5.74, 6) is -0.942. The van der Waals surface area contributed by atoms with Crippen LogP contribution < -0.4 is 0 Å². The highest BCUT2D eigenvalue weighted by molar-refractivity contribution is 5.97. The fraction of sp³-hybridized carbons (Fsp3) is 0.696. The van der Waals surface area contributed by atoms with Gasteiger partial charge in [-0.2, -0.15) is 0 Å². The maximum absolute atomic E-state index is 13.0. The molecule has 6 unspecified atom stereocenters. The van der Waals surface area contributed by atoms with Crippen molar-refractivity contribution < 1.29 is 23.9 Å². The predicted molar refractivity (Wildman–Crippen MR) is 105 cm³/mol. The van der Waals surface area contributed by atoms with Crippen LogP contribution in [0.25, 0.3) is 0 Å². The van der Waals surface area contributed by atoms with Crippen LogP contribution in [0.15, 0.2) is 23.8 Å². The second-order valence-electron chi connectivity index (χ2n) is 9.95. The number of rotatable bonds is 4. The average Bonchev–Trinajstić information content (AvgIpc) is 2.67. The number of ether oxygens (including phenoxy) is 2. The summed E-state index contributed by atoms with van der Waals surface area (Å²) in [6.07, 6.45) is 1.20. The minimum atomic E-state index is -0.481. The second-order valence-corrected chi connectivity index (χ2v) is 9.95. The number of ketones is 1. The zero-order chi connectivity index (χ0) is 21.2. The van der Waals surface area contributed by atoms with Crippen molar-refractivity contribution in [1.82, 2.24) is 0 Å². The molecule has 0 aromatic rings. The Bertz CT molecular complexity index is 774. The lowest BCUT2D eigenvalue weighted by Gasteiger charge is -2.65. The minimum absolute atomic E-state index is 0.0562. The van der Waals surface area contributed by atoms with E-state index in [1.54, 1.807) is 26.8 Å². The highest BCUT2D eigenvalue weighted by Gasteiger charge is 2.74. The van der Waals surface area contributed by atoms with E-state index in [1.807, 2.05) is 6.92 Å². The Morgan fingerprint density at radius 3 is 2.25 bits per heavy atom. The molecule has 5 heteroatoms. The van der Waals surface area contributed by atoms with Gasteiger partial charge in [0.2, 0.25) is 0 Å². The SMILES string of the molecule is C=C(C)C(=O)OC1CC(OC(=O)C(C)C)C2(C)C3C(=O)C=C(C)C2C3C1(C)C. The molecule has 6 atom stereocenters. The van der Waals surface area contributed by atoms with E-state index >= 15 is 0 Å². The Hall–Kier alpha value is -1.91. The lowest BCUT2D eigenvalue weighted by molar-refractivity contribution is -0.205. The van der Waals surface area contributed by atoms with Gasteiger partial charge in [0.1, 0.15) is 12.2 Å². The highest BCUT2D eigenvalue weighted by atomic mass is 16.6. The molecule has 4 rings (SSSR count). The van der Waals surface area contributed by atoms with Crippen LogP contribution in [0.2, 0.25) is 0 Å². The minimum Gasteiger partial charge on any atom is -0.461 e. The van der Waals surface area contributed by atoms with Crippen molar-refractivity contribution in [2.24, 2.45) is 34.5 Å². The van der Waals surface area contributed by atoms with Crippen molar-refractivity contribution >= 4 is 17.7 Å². The van der Waals surface area contributed by atoms with E-state index in [2.05, 4.69) is 27.4 Å². The maximum atomic E-state index is 13.0. The molecule has 3 fully saturated rings. The fourth-order valence-corrected chi connectivity index (χ4v) is 5.81. The Kier molecular flexibility index (Phi) is 4.88. The largest absolute Gasteiger partial charge is 0.461 e. The van der Waals surface area contributed by atoms with Gasteiger partial charge in [-0.1, -0.05) is 46.8 Å². The molecule has 154 valence electrons. The third kappa shape index (κ3) is 2.77. The van der Waals surface area contributed by atoms with Crippen molar-refractivity contribution in [2.45, 2.75) is 67.1 Å². The third-order valence-electron chi connectivity index (χ3n) is 7.36. The summed E-state index contributed by atoms with van der Waals surface area (Å²) < 4.78 is 11.8. The number of hydrogen-bond acceptors (Lipinski definition) is 5. The van der Waals surface area contributed by atoms with Gasteiger partial charge in [-0.3, -0.25) is 9.59 Å². The zero-order valence-electron chi connectivity index (χ0n) is 18.0. The van der Waals surface area contributed by atoms with Crippen molar-refractivity contribution in [3.63, 3.8) is 0 Å². The molecule has 0 aliphatic heterocycles. The first-order valence-electron chi connectivity index (χ1n) is 10.1. The molecule has 3 saturated carbocycles. The summed E-state index contributed by atoms with van der Waals surface area (Å²) in [7, 11) is 0. The van der Waals surface area contributed by atoms with Gasteiger partial charge in [0, 0.05) is 28.7 Å². The molecule has 0 aromatic heterocycles. The van der Waals surface area contributed by atoms with E-state index in [4.69, 9.17) is 9.47 Å². The standard InChI is InChI=1S/C23H32O5/c1-11(2)20(25)27-15-10-16(28-21(26)12(3)4)23(8)17-13(5)9-14(24)18(23)19(17)22(15,6)7/h9,12,15-19H,1,10H2,2-8H3. The highest BCUT2D eigenvalue weighted by Crippen LogP contribution is 2.72. The lowest BCUT2D eigenvalue weighted by atomic mass is 9.37. The summed E-state index contributed by atoms with van der Waals surface area (Å²) in [4.78, 5) is 37.7. The van der Waals surface area contributed by atoms with E-state index in [0.717, 1.165) is 5.57 Å². The number of carbonyl (C=O) groups is 3. The molecule has 5 nitrogen and oxygen atoms in total. The van der Waals surface area contributed by atoms with Gasteiger partial charge in [-0.15, -0.1) is 0 Å². The molecule has 0 heterocycles.